The minimum Gasteiger partial charge on any atom is -0.494 e. The first kappa shape index (κ1) is 21.0. The van der Waals surface area contributed by atoms with Crippen LogP contribution < -0.4 is 10.3 Å². The van der Waals surface area contributed by atoms with Gasteiger partial charge in [0.05, 0.1) is 18.7 Å². The molecule has 7 nitrogen and oxygen atoms in total. The molecule has 166 valence electrons. The van der Waals surface area contributed by atoms with Crippen LogP contribution in [0, 0.1) is 11.6 Å². The summed E-state index contributed by atoms with van der Waals surface area (Å²) in [5.41, 5.74) is 0.963. The van der Waals surface area contributed by atoms with E-state index < -0.39 is 11.6 Å². The van der Waals surface area contributed by atoms with Crippen LogP contribution in [-0.2, 0) is 6.54 Å². The predicted octanol–water partition coefficient (Wildman–Crippen LogP) is 4.64. The minimum absolute atomic E-state index is 0.128. The molecule has 1 N–H and O–H groups in total. The van der Waals surface area contributed by atoms with Gasteiger partial charge in [-0.1, -0.05) is 18.2 Å². The van der Waals surface area contributed by atoms with Gasteiger partial charge in [-0.15, -0.1) is 11.3 Å². The van der Waals surface area contributed by atoms with Crippen LogP contribution in [0.25, 0.3) is 33.1 Å². The van der Waals surface area contributed by atoms with Crippen LogP contribution in [0.15, 0.2) is 58.8 Å². The third kappa shape index (κ3) is 4.00. The second-order valence-electron chi connectivity index (χ2n) is 7.14. The lowest BCUT2D eigenvalue weighted by Crippen LogP contribution is -2.10. The second kappa shape index (κ2) is 8.55. The molecule has 0 amide bonds. The van der Waals surface area contributed by atoms with Gasteiger partial charge in [0.15, 0.2) is 5.82 Å². The highest BCUT2D eigenvalue weighted by Gasteiger charge is 2.19. The summed E-state index contributed by atoms with van der Waals surface area (Å²) in [7, 11) is 0. The normalized spacial score (nSPS) is 11.2. The van der Waals surface area contributed by atoms with Crippen molar-refractivity contribution in [3.05, 3.63) is 81.6 Å². The van der Waals surface area contributed by atoms with Gasteiger partial charge in [0.2, 0.25) is 0 Å². The van der Waals surface area contributed by atoms with Gasteiger partial charge in [-0.2, -0.15) is 5.10 Å². The average molecular weight is 465 g/mol. The number of benzene rings is 2. The number of halogens is 2. The molecule has 2 aromatic carbocycles. The van der Waals surface area contributed by atoms with E-state index >= 15 is 0 Å². The van der Waals surface area contributed by atoms with E-state index in [1.807, 2.05) is 12.1 Å². The third-order valence-corrected chi connectivity index (χ3v) is 5.80. The molecule has 3 aromatic heterocycles. The maximum atomic E-state index is 14.7. The van der Waals surface area contributed by atoms with Crippen LogP contribution in [0.3, 0.4) is 0 Å². The van der Waals surface area contributed by atoms with Crippen LogP contribution in [0.1, 0.15) is 12.5 Å². The molecule has 0 radical (unpaired) electrons. The van der Waals surface area contributed by atoms with Crippen molar-refractivity contribution in [3.63, 3.8) is 0 Å². The highest BCUT2D eigenvalue weighted by atomic mass is 32.1. The van der Waals surface area contributed by atoms with E-state index in [1.54, 1.807) is 30.6 Å². The van der Waals surface area contributed by atoms with Crippen LogP contribution in [0.2, 0.25) is 0 Å². The maximum absolute atomic E-state index is 14.7. The van der Waals surface area contributed by atoms with Crippen molar-refractivity contribution < 1.29 is 13.5 Å². The number of nitrogens with one attached hydrogen (secondary N) is 1. The van der Waals surface area contributed by atoms with Crippen LogP contribution >= 0.6 is 11.3 Å². The molecule has 0 atom stereocenters. The molecule has 0 saturated carbocycles. The third-order valence-electron chi connectivity index (χ3n) is 5.01. The maximum Gasteiger partial charge on any atom is 0.251 e. The molecule has 5 rings (SSSR count). The zero-order valence-corrected chi connectivity index (χ0v) is 18.2. The fourth-order valence-corrected chi connectivity index (χ4v) is 4.18. The number of aromatic amines is 1. The highest BCUT2D eigenvalue weighted by molar-refractivity contribution is 7.13. The van der Waals surface area contributed by atoms with Gasteiger partial charge in [0.1, 0.15) is 33.8 Å². The van der Waals surface area contributed by atoms with Crippen LogP contribution in [0.5, 0.6) is 5.75 Å². The monoisotopic (exact) mass is 465 g/mol. The summed E-state index contributed by atoms with van der Waals surface area (Å²) in [6.45, 7) is 1.89. The number of fused-ring (bicyclic) bond motifs is 1. The van der Waals surface area contributed by atoms with Gasteiger partial charge in [-0.25, -0.2) is 18.7 Å². The van der Waals surface area contributed by atoms with E-state index in [2.05, 4.69) is 20.1 Å². The Balaban J connectivity index is 1.62. The number of nitrogens with zero attached hydrogens (tertiary/aromatic N) is 4. The molecule has 0 aliphatic rings. The summed E-state index contributed by atoms with van der Waals surface area (Å²) in [5, 5.41) is 7.64. The Labute approximate surface area is 190 Å². The van der Waals surface area contributed by atoms with E-state index in [1.165, 1.54) is 22.1 Å². The molecular formula is C23H17F2N5O2S. The number of para-hydroxylation sites is 1. The molecular weight excluding hydrogens is 448 g/mol. The van der Waals surface area contributed by atoms with Crippen LogP contribution in [0.4, 0.5) is 8.78 Å². The largest absolute Gasteiger partial charge is 0.494 e. The molecule has 0 aliphatic carbocycles. The summed E-state index contributed by atoms with van der Waals surface area (Å²) in [4.78, 5) is 23.8. The molecule has 0 aliphatic heterocycles. The fourth-order valence-electron chi connectivity index (χ4n) is 3.58. The Morgan fingerprint density at radius 3 is 2.67 bits per heavy atom. The first-order chi connectivity index (χ1) is 16.0. The summed E-state index contributed by atoms with van der Waals surface area (Å²) in [6.07, 6.45) is 1.63. The fraction of sp³-hybridized carbons (Fsp3) is 0.130. The smallest absolute Gasteiger partial charge is 0.251 e. The van der Waals surface area contributed by atoms with Crippen molar-refractivity contribution in [1.29, 1.82) is 0 Å². The number of ether oxygens (including phenoxy) is 1. The lowest BCUT2D eigenvalue weighted by molar-refractivity contribution is 0.335. The van der Waals surface area contributed by atoms with Gasteiger partial charge in [0, 0.05) is 40.7 Å². The summed E-state index contributed by atoms with van der Waals surface area (Å²) < 4.78 is 36.1. The van der Waals surface area contributed by atoms with Gasteiger partial charge < -0.3 is 9.72 Å². The molecule has 33 heavy (non-hydrogen) atoms. The average Bonchev–Trinajstić information content (AvgIpc) is 3.45. The van der Waals surface area contributed by atoms with E-state index in [0.717, 1.165) is 12.1 Å². The topological polar surface area (TPSA) is 85.7 Å². The Bertz CT molecular complexity index is 1490. The van der Waals surface area contributed by atoms with E-state index in [9.17, 15) is 13.6 Å². The molecule has 0 saturated heterocycles. The second-order valence-corrected chi connectivity index (χ2v) is 8.03. The van der Waals surface area contributed by atoms with Crippen molar-refractivity contribution in [2.24, 2.45) is 0 Å². The zero-order valence-electron chi connectivity index (χ0n) is 17.4. The molecule has 0 spiro atoms. The Morgan fingerprint density at radius 2 is 1.94 bits per heavy atom. The number of aromatic nitrogens is 5. The Kier molecular flexibility index (Phi) is 5.43. The molecule has 0 unspecified atom stereocenters. The van der Waals surface area contributed by atoms with Gasteiger partial charge in [-0.3, -0.25) is 9.48 Å². The number of hydrogen-bond acceptors (Lipinski definition) is 6. The quantitative estimate of drug-likeness (QED) is 0.395. The first-order valence-corrected chi connectivity index (χ1v) is 11.0. The molecule has 10 heteroatoms. The molecule has 3 heterocycles. The summed E-state index contributed by atoms with van der Waals surface area (Å²) in [5.74, 6) is -1.08. The van der Waals surface area contributed by atoms with Crippen molar-refractivity contribution in [2.45, 2.75) is 13.5 Å². The number of thiazole rings is 1. The van der Waals surface area contributed by atoms with Gasteiger partial charge in [0.25, 0.3) is 5.56 Å². The SMILES string of the molecule is CCOc1cc(F)c(Cn2nc(-c3nc(-c4nccs4)cc(=O)[nH]3)c3ccccc32)c(F)c1. The zero-order chi connectivity index (χ0) is 22.9. The van der Waals surface area contributed by atoms with Gasteiger partial charge in [-0.05, 0) is 13.0 Å². The van der Waals surface area contributed by atoms with Crippen LogP contribution in [-0.4, -0.2) is 31.3 Å². The van der Waals surface area contributed by atoms with Crippen molar-refractivity contribution in [1.82, 2.24) is 24.7 Å². The predicted molar refractivity (Wildman–Crippen MR) is 121 cm³/mol. The molecule has 5 aromatic rings. The van der Waals surface area contributed by atoms with Gasteiger partial charge >= 0.3 is 0 Å². The molecule has 0 bridgehead atoms. The lowest BCUT2D eigenvalue weighted by Gasteiger charge is -2.09. The van der Waals surface area contributed by atoms with E-state index in [0.29, 0.717) is 33.9 Å². The Hall–Kier alpha value is -3.92. The number of hydrogen-bond donors (Lipinski definition) is 1. The van der Waals surface area contributed by atoms with Crippen molar-refractivity contribution in [2.75, 3.05) is 6.61 Å². The lowest BCUT2D eigenvalue weighted by atomic mass is 10.1. The Morgan fingerprint density at radius 1 is 1.15 bits per heavy atom. The number of H-pyrrole nitrogens is 1. The summed E-state index contributed by atoms with van der Waals surface area (Å²) in [6, 6.07) is 10.9. The van der Waals surface area contributed by atoms with E-state index in [-0.39, 0.29) is 29.2 Å². The van der Waals surface area contributed by atoms with E-state index in [4.69, 9.17) is 4.74 Å². The number of rotatable bonds is 6. The molecule has 0 fully saturated rings. The first-order valence-electron chi connectivity index (χ1n) is 10.1. The standard InChI is InChI=1S/C23H17F2N5O2S/c1-2-32-13-9-16(24)15(17(25)10-13)12-30-19-6-4-3-5-14(19)21(29-30)22-27-18(11-20(31)28-22)23-26-7-8-33-23/h3-11H,2,12H2,1H3,(H,27,28,31). The van der Waals surface area contributed by atoms with Crippen molar-refractivity contribution in [3.8, 4) is 28.0 Å². The highest BCUT2D eigenvalue weighted by Crippen LogP contribution is 2.29. The minimum atomic E-state index is -0.725. The summed E-state index contributed by atoms with van der Waals surface area (Å²) >= 11 is 1.36. The van der Waals surface area contributed by atoms with Crippen molar-refractivity contribution >= 4 is 22.2 Å².